The molecule has 0 bridgehead atoms. The van der Waals surface area contributed by atoms with E-state index in [4.69, 9.17) is 17.3 Å². The summed E-state index contributed by atoms with van der Waals surface area (Å²) in [6, 6.07) is 4.39. The number of nitrogens with zero attached hydrogens (tertiary/aromatic N) is 2. The number of hydrogen-bond donors (Lipinski definition) is 1. The Morgan fingerprint density at radius 2 is 1.96 bits per heavy atom. The summed E-state index contributed by atoms with van der Waals surface area (Å²) in [5.41, 5.74) is 6.12. The number of carbonyl (C=O) groups is 1. The Morgan fingerprint density at radius 3 is 2.48 bits per heavy atom. The minimum Gasteiger partial charge on any atom is -0.367 e. The van der Waals surface area contributed by atoms with Crippen molar-refractivity contribution in [2.75, 3.05) is 31.1 Å². The number of benzene rings is 1. The molecule has 1 amide bonds. The average Bonchev–Trinajstić information content (AvgIpc) is 2.47. The lowest BCUT2D eigenvalue weighted by molar-refractivity contribution is -0.137. The van der Waals surface area contributed by atoms with Gasteiger partial charge in [0, 0.05) is 26.2 Å². The van der Waals surface area contributed by atoms with Gasteiger partial charge in [-0.2, -0.15) is 0 Å². The molecule has 0 radical (unpaired) electrons. The molecule has 0 spiro atoms. The molecular weight excluding hydrogens is 340 g/mol. The van der Waals surface area contributed by atoms with E-state index in [9.17, 15) is 9.18 Å². The van der Waals surface area contributed by atoms with E-state index in [0.717, 1.165) is 12.1 Å². The SMILES string of the molecule is CCCC(C)(N)C(=O)N1CCN(c2ccc(F)cc2Cl)CC1.Cl. The second kappa shape index (κ2) is 8.18. The first kappa shape index (κ1) is 20.0. The Labute approximate surface area is 148 Å². The predicted octanol–water partition coefficient (Wildman–Crippen LogP) is 3.07. The Hall–Kier alpha value is -1.04. The van der Waals surface area contributed by atoms with Gasteiger partial charge in [-0.3, -0.25) is 4.79 Å². The van der Waals surface area contributed by atoms with Crippen LogP contribution in [0.2, 0.25) is 5.02 Å². The second-order valence-corrected chi connectivity index (χ2v) is 6.45. The first-order valence-electron chi connectivity index (χ1n) is 7.63. The molecule has 1 fully saturated rings. The molecule has 1 aromatic rings. The number of anilines is 1. The van der Waals surface area contributed by atoms with Crippen molar-refractivity contribution >= 4 is 35.6 Å². The first-order chi connectivity index (χ1) is 10.3. The van der Waals surface area contributed by atoms with Crippen molar-refractivity contribution < 1.29 is 9.18 Å². The molecule has 1 aliphatic heterocycles. The van der Waals surface area contributed by atoms with E-state index in [1.54, 1.807) is 13.0 Å². The molecule has 1 saturated heterocycles. The van der Waals surface area contributed by atoms with Crippen molar-refractivity contribution in [3.05, 3.63) is 29.0 Å². The maximum absolute atomic E-state index is 13.1. The number of amides is 1. The number of hydrogen-bond acceptors (Lipinski definition) is 3. The van der Waals surface area contributed by atoms with Crippen LogP contribution in [0, 0.1) is 5.82 Å². The highest BCUT2D eigenvalue weighted by Crippen LogP contribution is 2.27. The van der Waals surface area contributed by atoms with Crippen molar-refractivity contribution in [2.24, 2.45) is 5.73 Å². The van der Waals surface area contributed by atoms with Crippen molar-refractivity contribution in [3.8, 4) is 0 Å². The Morgan fingerprint density at radius 1 is 1.35 bits per heavy atom. The van der Waals surface area contributed by atoms with Gasteiger partial charge in [0.1, 0.15) is 5.82 Å². The van der Waals surface area contributed by atoms with Gasteiger partial charge in [-0.1, -0.05) is 24.9 Å². The number of nitrogens with two attached hydrogens (primary N) is 1. The van der Waals surface area contributed by atoms with Crippen LogP contribution in [-0.2, 0) is 4.79 Å². The van der Waals surface area contributed by atoms with Gasteiger partial charge >= 0.3 is 0 Å². The first-order valence-corrected chi connectivity index (χ1v) is 8.01. The third-order valence-electron chi connectivity index (χ3n) is 4.08. The summed E-state index contributed by atoms with van der Waals surface area (Å²) < 4.78 is 13.1. The summed E-state index contributed by atoms with van der Waals surface area (Å²) in [5, 5.41) is 0.398. The highest BCUT2D eigenvalue weighted by molar-refractivity contribution is 6.33. The van der Waals surface area contributed by atoms with E-state index in [1.807, 2.05) is 11.8 Å². The van der Waals surface area contributed by atoms with Crippen molar-refractivity contribution in [1.82, 2.24) is 4.90 Å². The fourth-order valence-electron chi connectivity index (χ4n) is 2.88. The summed E-state index contributed by atoms with van der Waals surface area (Å²) in [5.74, 6) is -0.347. The zero-order chi connectivity index (χ0) is 16.3. The molecule has 1 atom stereocenters. The van der Waals surface area contributed by atoms with E-state index < -0.39 is 5.54 Å². The van der Waals surface area contributed by atoms with Crippen LogP contribution in [0.3, 0.4) is 0 Å². The van der Waals surface area contributed by atoms with E-state index in [2.05, 4.69) is 4.90 Å². The number of piperazine rings is 1. The van der Waals surface area contributed by atoms with Crippen molar-refractivity contribution in [2.45, 2.75) is 32.2 Å². The van der Waals surface area contributed by atoms with Crippen LogP contribution in [0.5, 0.6) is 0 Å². The van der Waals surface area contributed by atoms with Crippen LogP contribution in [0.15, 0.2) is 18.2 Å². The molecule has 1 aliphatic rings. The number of halogens is 3. The monoisotopic (exact) mass is 363 g/mol. The molecule has 0 aliphatic carbocycles. The Kier molecular flexibility index (Phi) is 7.11. The second-order valence-electron chi connectivity index (χ2n) is 6.04. The van der Waals surface area contributed by atoms with Crippen LogP contribution < -0.4 is 10.6 Å². The Balaban J connectivity index is 0.00000264. The van der Waals surface area contributed by atoms with Gasteiger partial charge in [0.25, 0.3) is 0 Å². The molecule has 1 unspecified atom stereocenters. The van der Waals surface area contributed by atoms with Gasteiger partial charge in [-0.25, -0.2) is 4.39 Å². The average molecular weight is 364 g/mol. The van der Waals surface area contributed by atoms with Crippen LogP contribution in [0.1, 0.15) is 26.7 Å². The lowest BCUT2D eigenvalue weighted by atomic mass is 9.95. The fourth-order valence-corrected chi connectivity index (χ4v) is 3.16. The molecular formula is C16H24Cl2FN3O. The number of carbonyl (C=O) groups excluding carboxylic acids is 1. The zero-order valence-corrected chi connectivity index (χ0v) is 15.1. The molecule has 1 heterocycles. The standard InChI is InChI=1S/C16H23ClFN3O.ClH/c1-3-6-16(2,19)15(22)21-9-7-20(8-10-21)14-5-4-12(18)11-13(14)17;/h4-5,11H,3,6-10,19H2,1-2H3;1H. The van der Waals surface area contributed by atoms with Crippen molar-refractivity contribution in [1.29, 1.82) is 0 Å². The lowest BCUT2D eigenvalue weighted by Gasteiger charge is -2.39. The van der Waals surface area contributed by atoms with Gasteiger partial charge in [0.05, 0.1) is 16.2 Å². The van der Waals surface area contributed by atoms with Gasteiger partial charge < -0.3 is 15.5 Å². The molecule has 0 aromatic heterocycles. The van der Waals surface area contributed by atoms with E-state index >= 15 is 0 Å². The van der Waals surface area contributed by atoms with Gasteiger partial charge in [0.2, 0.25) is 5.91 Å². The smallest absolute Gasteiger partial charge is 0.242 e. The maximum atomic E-state index is 13.1. The van der Waals surface area contributed by atoms with Crippen LogP contribution in [0.25, 0.3) is 0 Å². The van der Waals surface area contributed by atoms with E-state index in [-0.39, 0.29) is 24.1 Å². The predicted molar refractivity (Wildman–Crippen MR) is 95.0 cm³/mol. The summed E-state index contributed by atoms with van der Waals surface area (Å²) in [7, 11) is 0. The maximum Gasteiger partial charge on any atom is 0.242 e. The quantitative estimate of drug-likeness (QED) is 0.893. The minimum absolute atomic E-state index is 0. The normalized spacial score (nSPS) is 17.4. The minimum atomic E-state index is -0.801. The highest BCUT2D eigenvalue weighted by atomic mass is 35.5. The molecule has 130 valence electrons. The van der Waals surface area contributed by atoms with Crippen LogP contribution in [-0.4, -0.2) is 42.5 Å². The molecule has 2 N–H and O–H groups in total. The Bertz CT molecular complexity index is 546. The molecule has 0 saturated carbocycles. The van der Waals surface area contributed by atoms with E-state index in [1.165, 1.54) is 12.1 Å². The molecule has 1 aromatic carbocycles. The van der Waals surface area contributed by atoms with Gasteiger partial charge in [-0.05, 0) is 31.5 Å². The number of rotatable bonds is 4. The summed E-state index contributed by atoms with van der Waals surface area (Å²) in [6.07, 6.45) is 1.56. The van der Waals surface area contributed by atoms with Crippen LogP contribution in [0.4, 0.5) is 10.1 Å². The third-order valence-corrected chi connectivity index (χ3v) is 4.38. The van der Waals surface area contributed by atoms with Crippen molar-refractivity contribution in [3.63, 3.8) is 0 Å². The third kappa shape index (κ3) is 4.72. The molecule has 4 nitrogen and oxygen atoms in total. The van der Waals surface area contributed by atoms with Gasteiger partial charge in [-0.15, -0.1) is 12.4 Å². The fraction of sp³-hybridized carbons (Fsp3) is 0.562. The molecule has 2 rings (SSSR count). The highest BCUT2D eigenvalue weighted by Gasteiger charge is 2.33. The van der Waals surface area contributed by atoms with Gasteiger partial charge in [0.15, 0.2) is 0 Å². The van der Waals surface area contributed by atoms with Crippen LogP contribution >= 0.6 is 24.0 Å². The summed E-state index contributed by atoms with van der Waals surface area (Å²) in [6.45, 7) is 6.35. The topological polar surface area (TPSA) is 49.6 Å². The summed E-state index contributed by atoms with van der Waals surface area (Å²) >= 11 is 6.09. The largest absolute Gasteiger partial charge is 0.367 e. The summed E-state index contributed by atoms with van der Waals surface area (Å²) in [4.78, 5) is 16.3. The zero-order valence-electron chi connectivity index (χ0n) is 13.5. The lowest BCUT2D eigenvalue weighted by Crippen LogP contribution is -2.58. The molecule has 23 heavy (non-hydrogen) atoms. The molecule has 7 heteroatoms. The van der Waals surface area contributed by atoms with E-state index in [0.29, 0.717) is 37.6 Å².